The minimum Gasteiger partial charge on any atom is -0.379 e. The van der Waals surface area contributed by atoms with Crippen LogP contribution < -0.4 is 5.32 Å². The van der Waals surface area contributed by atoms with Gasteiger partial charge in [-0.2, -0.15) is 5.10 Å². The Kier molecular flexibility index (Phi) is 3.71. The van der Waals surface area contributed by atoms with E-state index in [1.54, 1.807) is 18.7 Å². The molecule has 1 aromatic heterocycles. The fourth-order valence-electron chi connectivity index (χ4n) is 1.72. The molecule has 2 aromatic rings. The van der Waals surface area contributed by atoms with Crippen molar-refractivity contribution in [2.45, 2.75) is 13.5 Å². The third-order valence-corrected chi connectivity index (χ3v) is 3.20. The summed E-state index contributed by atoms with van der Waals surface area (Å²) in [5, 5.41) is 7.37. The van der Waals surface area contributed by atoms with Crippen LogP contribution >= 0.6 is 11.6 Å². The van der Waals surface area contributed by atoms with Crippen LogP contribution in [0.4, 0.5) is 18.9 Å². The molecule has 0 radical (unpaired) electrons. The van der Waals surface area contributed by atoms with Gasteiger partial charge in [-0.25, -0.2) is 13.2 Å². The largest absolute Gasteiger partial charge is 0.379 e. The summed E-state index contributed by atoms with van der Waals surface area (Å²) < 4.78 is 40.4. The van der Waals surface area contributed by atoms with E-state index < -0.39 is 17.5 Å². The van der Waals surface area contributed by atoms with Gasteiger partial charge in [0.15, 0.2) is 17.5 Å². The molecule has 7 heteroatoms. The standard InChI is InChI=1S/C12H11ClF3N3/c1-6-11(13)10(19(2)18-6)5-17-7-3-8(14)12(16)9(15)4-7/h3-4,17H,5H2,1-2H3. The number of aromatic nitrogens is 2. The molecule has 0 saturated heterocycles. The second-order valence-electron chi connectivity index (χ2n) is 4.08. The summed E-state index contributed by atoms with van der Waals surface area (Å²) in [6, 6.07) is 1.77. The van der Waals surface area contributed by atoms with Gasteiger partial charge in [-0.15, -0.1) is 0 Å². The smallest absolute Gasteiger partial charge is 0.194 e. The zero-order valence-corrected chi connectivity index (χ0v) is 11.0. The molecule has 0 saturated carbocycles. The van der Waals surface area contributed by atoms with E-state index in [0.717, 1.165) is 12.1 Å². The molecule has 3 nitrogen and oxygen atoms in total. The van der Waals surface area contributed by atoms with E-state index in [9.17, 15) is 13.2 Å². The molecule has 0 unspecified atom stereocenters. The second kappa shape index (κ2) is 5.13. The topological polar surface area (TPSA) is 29.9 Å². The van der Waals surface area contributed by atoms with Crippen molar-refractivity contribution < 1.29 is 13.2 Å². The molecular formula is C12H11ClF3N3. The van der Waals surface area contributed by atoms with Gasteiger partial charge in [0.05, 0.1) is 23.0 Å². The zero-order chi connectivity index (χ0) is 14.2. The van der Waals surface area contributed by atoms with Crippen LogP contribution in [0.1, 0.15) is 11.4 Å². The van der Waals surface area contributed by atoms with Crippen molar-refractivity contribution in [1.82, 2.24) is 9.78 Å². The summed E-state index contributed by atoms with van der Waals surface area (Å²) in [5.41, 5.74) is 1.47. The first kappa shape index (κ1) is 13.7. The second-order valence-corrected chi connectivity index (χ2v) is 4.46. The van der Waals surface area contributed by atoms with E-state index in [1.807, 2.05) is 0 Å². The molecule has 0 fully saturated rings. The summed E-state index contributed by atoms with van der Waals surface area (Å²) in [6.45, 7) is 1.98. The van der Waals surface area contributed by atoms with Crippen LogP contribution in [0, 0.1) is 24.4 Å². The first-order valence-electron chi connectivity index (χ1n) is 5.46. The number of rotatable bonds is 3. The Morgan fingerprint density at radius 1 is 1.26 bits per heavy atom. The molecule has 0 aliphatic carbocycles. The van der Waals surface area contributed by atoms with Gasteiger partial charge in [0.1, 0.15) is 0 Å². The maximum absolute atomic E-state index is 13.0. The van der Waals surface area contributed by atoms with E-state index in [0.29, 0.717) is 16.4 Å². The molecule has 1 aromatic carbocycles. The SMILES string of the molecule is Cc1nn(C)c(CNc2cc(F)c(F)c(F)c2)c1Cl. The van der Waals surface area contributed by atoms with Crippen molar-refractivity contribution in [3.8, 4) is 0 Å². The minimum absolute atomic E-state index is 0.131. The van der Waals surface area contributed by atoms with Crippen LogP contribution in [-0.4, -0.2) is 9.78 Å². The summed E-state index contributed by atoms with van der Waals surface area (Å²) in [6.07, 6.45) is 0. The lowest BCUT2D eigenvalue weighted by atomic mass is 10.2. The van der Waals surface area contributed by atoms with Crippen molar-refractivity contribution in [3.05, 3.63) is 46.0 Å². The molecule has 0 bridgehead atoms. The van der Waals surface area contributed by atoms with Crippen LogP contribution in [0.15, 0.2) is 12.1 Å². The Hall–Kier alpha value is -1.69. The highest BCUT2D eigenvalue weighted by molar-refractivity contribution is 6.31. The van der Waals surface area contributed by atoms with Crippen LogP contribution in [0.2, 0.25) is 5.02 Å². The average Bonchev–Trinajstić information content (AvgIpc) is 2.58. The van der Waals surface area contributed by atoms with Crippen LogP contribution in [0.5, 0.6) is 0 Å². The number of aryl methyl sites for hydroxylation is 2. The molecule has 0 amide bonds. The fraction of sp³-hybridized carbons (Fsp3) is 0.250. The summed E-state index contributed by atoms with van der Waals surface area (Å²) in [5.74, 6) is -3.97. The third kappa shape index (κ3) is 2.68. The summed E-state index contributed by atoms with van der Waals surface area (Å²) in [7, 11) is 1.71. The number of hydrogen-bond acceptors (Lipinski definition) is 2. The summed E-state index contributed by atoms with van der Waals surface area (Å²) >= 11 is 6.04. The molecule has 1 N–H and O–H groups in total. The maximum Gasteiger partial charge on any atom is 0.194 e. The molecule has 0 atom stereocenters. The van der Waals surface area contributed by atoms with E-state index in [-0.39, 0.29) is 12.2 Å². The Morgan fingerprint density at radius 2 is 1.84 bits per heavy atom. The lowest BCUT2D eigenvalue weighted by Crippen LogP contribution is -2.07. The molecule has 19 heavy (non-hydrogen) atoms. The number of benzene rings is 1. The highest BCUT2D eigenvalue weighted by Gasteiger charge is 2.13. The quantitative estimate of drug-likeness (QED) is 0.878. The first-order valence-corrected chi connectivity index (χ1v) is 5.84. The molecule has 1 heterocycles. The predicted octanol–water partition coefficient (Wildman–Crippen LogP) is 3.41. The van der Waals surface area contributed by atoms with E-state index in [1.165, 1.54) is 0 Å². The zero-order valence-electron chi connectivity index (χ0n) is 10.3. The highest BCUT2D eigenvalue weighted by atomic mass is 35.5. The number of nitrogens with zero attached hydrogens (tertiary/aromatic N) is 2. The van der Waals surface area contributed by atoms with Gasteiger partial charge in [-0.05, 0) is 6.92 Å². The van der Waals surface area contributed by atoms with Crippen LogP contribution in [0.3, 0.4) is 0 Å². The van der Waals surface area contributed by atoms with E-state index in [2.05, 4.69) is 10.4 Å². The normalized spacial score (nSPS) is 10.8. The lowest BCUT2D eigenvalue weighted by molar-refractivity contribution is 0.447. The third-order valence-electron chi connectivity index (χ3n) is 2.71. The minimum atomic E-state index is -1.49. The molecule has 2 rings (SSSR count). The van der Waals surface area contributed by atoms with Gasteiger partial charge < -0.3 is 5.32 Å². The molecule has 0 spiro atoms. The Bertz CT molecular complexity index is 602. The average molecular weight is 290 g/mol. The van der Waals surface area contributed by atoms with Crippen LogP contribution in [0.25, 0.3) is 0 Å². The van der Waals surface area contributed by atoms with Crippen molar-refractivity contribution in [2.24, 2.45) is 7.05 Å². The maximum atomic E-state index is 13.0. The Labute approximate surface area is 113 Å². The number of anilines is 1. The Morgan fingerprint density at radius 3 is 2.32 bits per heavy atom. The van der Waals surface area contributed by atoms with Crippen molar-refractivity contribution >= 4 is 17.3 Å². The van der Waals surface area contributed by atoms with Crippen molar-refractivity contribution in [2.75, 3.05) is 5.32 Å². The van der Waals surface area contributed by atoms with Gasteiger partial charge >= 0.3 is 0 Å². The predicted molar refractivity (Wildman–Crippen MR) is 66.6 cm³/mol. The van der Waals surface area contributed by atoms with E-state index in [4.69, 9.17) is 11.6 Å². The number of nitrogens with one attached hydrogen (secondary N) is 1. The number of halogens is 4. The van der Waals surface area contributed by atoms with Crippen LogP contribution in [-0.2, 0) is 13.6 Å². The first-order chi connectivity index (χ1) is 8.90. The van der Waals surface area contributed by atoms with Gasteiger partial charge in [0.2, 0.25) is 0 Å². The number of hydrogen-bond donors (Lipinski definition) is 1. The fourth-order valence-corrected chi connectivity index (χ4v) is 1.94. The highest BCUT2D eigenvalue weighted by Crippen LogP contribution is 2.22. The van der Waals surface area contributed by atoms with Gasteiger partial charge in [-0.3, -0.25) is 4.68 Å². The van der Waals surface area contributed by atoms with Crippen molar-refractivity contribution in [1.29, 1.82) is 0 Å². The lowest BCUT2D eigenvalue weighted by Gasteiger charge is -2.08. The van der Waals surface area contributed by atoms with E-state index >= 15 is 0 Å². The van der Waals surface area contributed by atoms with Gasteiger partial charge in [0.25, 0.3) is 0 Å². The van der Waals surface area contributed by atoms with Gasteiger partial charge in [-0.1, -0.05) is 11.6 Å². The monoisotopic (exact) mass is 289 g/mol. The van der Waals surface area contributed by atoms with Gasteiger partial charge in [0, 0.05) is 24.9 Å². The molecule has 0 aliphatic rings. The molecule has 102 valence electrons. The summed E-state index contributed by atoms with van der Waals surface area (Å²) in [4.78, 5) is 0. The molecular weight excluding hydrogens is 279 g/mol. The van der Waals surface area contributed by atoms with Crippen molar-refractivity contribution in [3.63, 3.8) is 0 Å². The Balaban J connectivity index is 2.19. The molecule has 0 aliphatic heterocycles.